The molecular formula is C17H17N3S2. The molecule has 0 aliphatic rings. The molecule has 0 fully saturated rings. The van der Waals surface area contributed by atoms with E-state index in [4.69, 9.17) is 12.2 Å². The van der Waals surface area contributed by atoms with Gasteiger partial charge in [0.2, 0.25) is 0 Å². The summed E-state index contributed by atoms with van der Waals surface area (Å²) in [6, 6.07) is 14.8. The molecule has 3 rings (SSSR count). The van der Waals surface area contributed by atoms with E-state index in [1.54, 1.807) is 11.3 Å². The standard InChI is InChI=1S/C17H17N3S2/c1-11-10-22-17(18-11)20-16(21)19-12(2)14-9-5-7-13-6-3-4-8-15(13)14/h3-10,12H,1-2H3,(H2,18,19,20,21)/t12-/m1/s1. The first kappa shape index (κ1) is 14.9. The van der Waals surface area contributed by atoms with Gasteiger partial charge in [0.15, 0.2) is 10.2 Å². The van der Waals surface area contributed by atoms with Gasteiger partial charge in [-0.2, -0.15) is 0 Å². The van der Waals surface area contributed by atoms with Gasteiger partial charge in [-0.25, -0.2) is 4.98 Å². The van der Waals surface area contributed by atoms with Gasteiger partial charge in [-0.05, 0) is 42.4 Å². The summed E-state index contributed by atoms with van der Waals surface area (Å²) in [5.41, 5.74) is 2.23. The Morgan fingerprint density at radius 3 is 2.73 bits per heavy atom. The van der Waals surface area contributed by atoms with Crippen LogP contribution in [0.3, 0.4) is 0 Å². The van der Waals surface area contributed by atoms with Gasteiger partial charge in [-0.3, -0.25) is 0 Å². The van der Waals surface area contributed by atoms with Crippen LogP contribution in [0.4, 0.5) is 5.13 Å². The van der Waals surface area contributed by atoms with E-state index in [1.165, 1.54) is 16.3 Å². The second kappa shape index (κ2) is 6.42. The lowest BCUT2D eigenvalue weighted by molar-refractivity contribution is 0.729. The molecule has 3 nitrogen and oxygen atoms in total. The number of anilines is 1. The van der Waals surface area contributed by atoms with Crippen LogP contribution in [-0.2, 0) is 0 Å². The molecule has 1 aromatic heterocycles. The quantitative estimate of drug-likeness (QED) is 0.687. The van der Waals surface area contributed by atoms with Crippen LogP contribution in [0.15, 0.2) is 47.8 Å². The molecular weight excluding hydrogens is 310 g/mol. The van der Waals surface area contributed by atoms with Gasteiger partial charge in [-0.15, -0.1) is 11.3 Å². The Bertz CT molecular complexity index is 805. The van der Waals surface area contributed by atoms with Crippen molar-refractivity contribution in [3.8, 4) is 0 Å². The highest BCUT2D eigenvalue weighted by molar-refractivity contribution is 7.80. The van der Waals surface area contributed by atoms with Crippen LogP contribution >= 0.6 is 23.6 Å². The monoisotopic (exact) mass is 327 g/mol. The fourth-order valence-electron chi connectivity index (χ4n) is 2.45. The Hall–Kier alpha value is -1.98. The largest absolute Gasteiger partial charge is 0.356 e. The van der Waals surface area contributed by atoms with E-state index < -0.39 is 0 Å². The van der Waals surface area contributed by atoms with Crippen molar-refractivity contribution in [3.63, 3.8) is 0 Å². The van der Waals surface area contributed by atoms with Crippen LogP contribution in [0, 0.1) is 6.92 Å². The van der Waals surface area contributed by atoms with Crippen molar-refractivity contribution in [2.45, 2.75) is 19.9 Å². The van der Waals surface area contributed by atoms with Crippen molar-refractivity contribution in [2.75, 3.05) is 5.32 Å². The van der Waals surface area contributed by atoms with E-state index in [0.29, 0.717) is 5.11 Å². The molecule has 0 radical (unpaired) electrons. The van der Waals surface area contributed by atoms with Crippen molar-refractivity contribution in [2.24, 2.45) is 0 Å². The van der Waals surface area contributed by atoms with E-state index in [2.05, 4.69) is 65.0 Å². The van der Waals surface area contributed by atoms with E-state index in [-0.39, 0.29) is 6.04 Å². The first-order valence-electron chi connectivity index (χ1n) is 7.11. The summed E-state index contributed by atoms with van der Waals surface area (Å²) in [6.45, 7) is 4.08. The fourth-order valence-corrected chi connectivity index (χ4v) is 3.48. The average Bonchev–Trinajstić information content (AvgIpc) is 2.91. The van der Waals surface area contributed by atoms with Crippen molar-refractivity contribution in [1.82, 2.24) is 10.3 Å². The summed E-state index contributed by atoms with van der Waals surface area (Å²) in [5, 5.41) is 12.4. The van der Waals surface area contributed by atoms with Crippen molar-refractivity contribution in [1.29, 1.82) is 0 Å². The molecule has 2 aromatic carbocycles. The Morgan fingerprint density at radius 1 is 1.18 bits per heavy atom. The van der Waals surface area contributed by atoms with E-state index in [1.807, 2.05) is 12.3 Å². The van der Waals surface area contributed by atoms with E-state index in [0.717, 1.165) is 10.8 Å². The minimum absolute atomic E-state index is 0.118. The summed E-state index contributed by atoms with van der Waals surface area (Å²) in [5.74, 6) is 0. The first-order chi connectivity index (χ1) is 10.6. The molecule has 0 unspecified atom stereocenters. The predicted octanol–water partition coefficient (Wildman–Crippen LogP) is 4.65. The number of nitrogens with one attached hydrogen (secondary N) is 2. The van der Waals surface area contributed by atoms with Crippen molar-refractivity contribution < 1.29 is 0 Å². The van der Waals surface area contributed by atoms with Crippen LogP contribution in [0.5, 0.6) is 0 Å². The highest BCUT2D eigenvalue weighted by Crippen LogP contribution is 2.24. The summed E-state index contributed by atoms with van der Waals surface area (Å²) in [4.78, 5) is 4.36. The van der Waals surface area contributed by atoms with Crippen LogP contribution in [0.25, 0.3) is 10.8 Å². The molecule has 0 spiro atoms. The zero-order chi connectivity index (χ0) is 15.5. The lowest BCUT2D eigenvalue weighted by atomic mass is 10.00. The molecule has 5 heteroatoms. The second-order valence-corrected chi connectivity index (χ2v) is 6.45. The molecule has 1 heterocycles. The Balaban J connectivity index is 1.75. The summed E-state index contributed by atoms with van der Waals surface area (Å²) >= 11 is 6.94. The molecule has 2 N–H and O–H groups in total. The third-order valence-electron chi connectivity index (χ3n) is 3.48. The number of aromatic nitrogens is 1. The molecule has 0 saturated heterocycles. The highest BCUT2D eigenvalue weighted by Gasteiger charge is 2.11. The van der Waals surface area contributed by atoms with Crippen molar-refractivity contribution in [3.05, 3.63) is 59.1 Å². The molecule has 0 saturated carbocycles. The molecule has 0 amide bonds. The number of rotatable bonds is 3. The Morgan fingerprint density at radius 2 is 1.95 bits per heavy atom. The van der Waals surface area contributed by atoms with E-state index in [9.17, 15) is 0 Å². The SMILES string of the molecule is Cc1csc(NC(=S)N[C@H](C)c2cccc3ccccc23)n1. The second-order valence-electron chi connectivity index (χ2n) is 5.18. The number of hydrogen-bond donors (Lipinski definition) is 2. The van der Waals surface area contributed by atoms with Gasteiger partial charge in [0, 0.05) is 5.38 Å². The highest BCUT2D eigenvalue weighted by atomic mass is 32.1. The lowest BCUT2D eigenvalue weighted by Crippen LogP contribution is -2.30. The van der Waals surface area contributed by atoms with Gasteiger partial charge in [0.05, 0.1) is 11.7 Å². The van der Waals surface area contributed by atoms with Crippen molar-refractivity contribution >= 4 is 44.6 Å². The number of aryl methyl sites for hydroxylation is 1. The molecule has 0 bridgehead atoms. The minimum Gasteiger partial charge on any atom is -0.356 e. The van der Waals surface area contributed by atoms with Crippen LogP contribution in [-0.4, -0.2) is 10.1 Å². The molecule has 1 atom stereocenters. The molecule has 3 aromatic rings. The van der Waals surface area contributed by atoms with Crippen LogP contribution in [0.1, 0.15) is 24.2 Å². The third kappa shape index (κ3) is 3.26. The lowest BCUT2D eigenvalue weighted by Gasteiger charge is -2.18. The number of benzene rings is 2. The maximum absolute atomic E-state index is 5.39. The van der Waals surface area contributed by atoms with Gasteiger partial charge < -0.3 is 10.6 Å². The van der Waals surface area contributed by atoms with Crippen LogP contribution in [0.2, 0.25) is 0 Å². The maximum atomic E-state index is 5.39. The molecule has 22 heavy (non-hydrogen) atoms. The normalized spacial score (nSPS) is 12.1. The Kier molecular flexibility index (Phi) is 4.36. The summed E-state index contributed by atoms with van der Waals surface area (Å²) in [6.07, 6.45) is 0. The summed E-state index contributed by atoms with van der Waals surface area (Å²) < 4.78 is 0. The predicted molar refractivity (Wildman–Crippen MR) is 98.6 cm³/mol. The number of fused-ring (bicyclic) bond motifs is 1. The summed E-state index contributed by atoms with van der Waals surface area (Å²) in [7, 11) is 0. The van der Waals surface area contributed by atoms with Crippen LogP contribution < -0.4 is 10.6 Å². The smallest absolute Gasteiger partial charge is 0.189 e. The van der Waals surface area contributed by atoms with Gasteiger partial charge in [0.1, 0.15) is 0 Å². The zero-order valence-electron chi connectivity index (χ0n) is 12.5. The van der Waals surface area contributed by atoms with Gasteiger partial charge >= 0.3 is 0 Å². The number of nitrogens with zero attached hydrogens (tertiary/aromatic N) is 1. The molecule has 0 aliphatic heterocycles. The minimum atomic E-state index is 0.118. The molecule has 112 valence electrons. The zero-order valence-corrected chi connectivity index (χ0v) is 14.1. The third-order valence-corrected chi connectivity index (χ3v) is 4.57. The first-order valence-corrected chi connectivity index (χ1v) is 8.39. The average molecular weight is 327 g/mol. The van der Waals surface area contributed by atoms with Gasteiger partial charge in [-0.1, -0.05) is 42.5 Å². The topological polar surface area (TPSA) is 37.0 Å². The number of thiocarbonyl (C=S) groups is 1. The number of thiazole rings is 1. The van der Waals surface area contributed by atoms with Gasteiger partial charge in [0.25, 0.3) is 0 Å². The number of hydrogen-bond acceptors (Lipinski definition) is 3. The molecule has 0 aliphatic carbocycles. The fraction of sp³-hybridized carbons (Fsp3) is 0.176. The Labute approximate surface area is 139 Å². The maximum Gasteiger partial charge on any atom is 0.189 e. The van der Waals surface area contributed by atoms with E-state index >= 15 is 0 Å².